The molecule has 1 heteroatoms. The van der Waals surface area contributed by atoms with E-state index in [1.165, 1.54) is 29.6 Å². The van der Waals surface area contributed by atoms with Gasteiger partial charge in [-0.1, -0.05) is 49.1 Å². The Morgan fingerprint density at radius 2 is 2.27 bits per heavy atom. The van der Waals surface area contributed by atoms with Crippen LogP contribution in [0.4, 0.5) is 0 Å². The van der Waals surface area contributed by atoms with Gasteiger partial charge in [-0.3, -0.25) is 0 Å². The molecule has 0 aromatic carbocycles. The maximum absolute atomic E-state index is 3.77. The lowest BCUT2D eigenvalue weighted by Crippen LogP contribution is -2.56. The number of rotatable bonds is 5. The van der Waals surface area contributed by atoms with Crippen molar-refractivity contribution in [2.45, 2.75) is 45.1 Å². The van der Waals surface area contributed by atoms with Crippen LogP contribution in [0.15, 0.2) is 71.4 Å². The molecule has 2 unspecified atom stereocenters. The molecule has 0 radical (unpaired) electrons. The first kappa shape index (κ1) is 15.3. The minimum absolute atomic E-state index is 0.219. The fraction of sp³-hybridized carbons (Fsp3) is 0.429. The molecule has 3 aliphatic rings. The van der Waals surface area contributed by atoms with Crippen LogP contribution >= 0.6 is 0 Å². The van der Waals surface area contributed by atoms with Gasteiger partial charge in [0.1, 0.15) is 0 Å². The van der Waals surface area contributed by atoms with Crippen molar-refractivity contribution in [2.24, 2.45) is 5.92 Å². The summed E-state index contributed by atoms with van der Waals surface area (Å²) in [6.45, 7) is 9.61. The van der Waals surface area contributed by atoms with Gasteiger partial charge in [-0.05, 0) is 74.3 Å². The van der Waals surface area contributed by atoms with E-state index in [0.717, 1.165) is 19.4 Å². The second-order valence-corrected chi connectivity index (χ2v) is 6.88. The van der Waals surface area contributed by atoms with Crippen LogP contribution in [0.25, 0.3) is 0 Å². The number of nitrogens with one attached hydrogen (secondary N) is 1. The molecule has 0 bridgehead atoms. The summed E-state index contributed by atoms with van der Waals surface area (Å²) in [5, 5.41) is 3.67. The van der Waals surface area contributed by atoms with Crippen molar-refractivity contribution in [1.29, 1.82) is 0 Å². The lowest BCUT2D eigenvalue weighted by atomic mass is 9.70. The normalized spacial score (nSPS) is 31.3. The van der Waals surface area contributed by atoms with Gasteiger partial charge in [0.15, 0.2) is 0 Å². The minimum Gasteiger partial charge on any atom is -0.308 e. The molecular weight excluding hydrogens is 266 g/mol. The molecule has 2 aliphatic carbocycles. The zero-order valence-electron chi connectivity index (χ0n) is 13.9. The summed E-state index contributed by atoms with van der Waals surface area (Å²) in [6, 6.07) is 0. The number of allylic oxidation sites excluding steroid dienone is 10. The minimum atomic E-state index is 0.219. The molecule has 1 aliphatic heterocycles. The Morgan fingerprint density at radius 3 is 2.86 bits per heavy atom. The van der Waals surface area contributed by atoms with Crippen LogP contribution in [0.1, 0.15) is 39.5 Å². The molecule has 1 heterocycles. The van der Waals surface area contributed by atoms with Gasteiger partial charge in [-0.2, -0.15) is 0 Å². The molecule has 0 aromatic rings. The molecule has 3 rings (SSSR count). The Kier molecular flexibility index (Phi) is 4.35. The summed E-state index contributed by atoms with van der Waals surface area (Å²) >= 11 is 0. The van der Waals surface area contributed by atoms with Crippen molar-refractivity contribution in [3.8, 4) is 0 Å². The largest absolute Gasteiger partial charge is 0.308 e. The molecule has 0 saturated carbocycles. The molecule has 1 nitrogen and oxygen atoms in total. The Hall–Kier alpha value is -1.60. The molecule has 1 fully saturated rings. The van der Waals surface area contributed by atoms with Crippen LogP contribution in [0, 0.1) is 5.92 Å². The van der Waals surface area contributed by atoms with Crippen molar-refractivity contribution in [3.05, 3.63) is 71.4 Å². The van der Waals surface area contributed by atoms with Crippen molar-refractivity contribution in [2.75, 3.05) is 6.54 Å². The van der Waals surface area contributed by atoms with Crippen LogP contribution in [0.5, 0.6) is 0 Å². The van der Waals surface area contributed by atoms with E-state index >= 15 is 0 Å². The summed E-state index contributed by atoms with van der Waals surface area (Å²) in [6.07, 6.45) is 20.0. The van der Waals surface area contributed by atoms with Gasteiger partial charge in [0, 0.05) is 5.54 Å². The summed E-state index contributed by atoms with van der Waals surface area (Å²) in [5.74, 6) is 0.602. The van der Waals surface area contributed by atoms with Gasteiger partial charge in [0.25, 0.3) is 0 Å². The average Bonchev–Trinajstić information content (AvgIpc) is 3.00. The van der Waals surface area contributed by atoms with Gasteiger partial charge in [-0.25, -0.2) is 0 Å². The fourth-order valence-corrected chi connectivity index (χ4v) is 3.89. The van der Waals surface area contributed by atoms with E-state index in [0.29, 0.717) is 5.92 Å². The van der Waals surface area contributed by atoms with Gasteiger partial charge in [-0.15, -0.1) is 0 Å². The lowest BCUT2D eigenvalue weighted by molar-refractivity contribution is 0.266. The van der Waals surface area contributed by atoms with E-state index in [-0.39, 0.29) is 5.54 Å². The number of hydrogen-bond acceptors (Lipinski definition) is 1. The highest BCUT2D eigenvalue weighted by Crippen LogP contribution is 2.43. The van der Waals surface area contributed by atoms with Crippen molar-refractivity contribution in [1.82, 2.24) is 5.32 Å². The van der Waals surface area contributed by atoms with E-state index in [4.69, 9.17) is 0 Å². The van der Waals surface area contributed by atoms with E-state index in [1.807, 2.05) is 6.08 Å². The fourth-order valence-electron chi connectivity index (χ4n) is 3.89. The third-order valence-corrected chi connectivity index (χ3v) is 5.36. The standard InChI is InChI=1S/C21H27N/c1-4-5-6-9-17-14-19(18-10-7-8-11-18)16(2)20(15-17)21(3)12-13-22-21/h4-8,10,14,17,22H,1,9,11-13,15H2,2-3H3/b6-5-. The highest BCUT2D eigenvalue weighted by atomic mass is 15.0. The van der Waals surface area contributed by atoms with E-state index in [9.17, 15) is 0 Å². The Bertz CT molecular complexity index is 606. The van der Waals surface area contributed by atoms with E-state index < -0.39 is 0 Å². The first-order valence-electron chi connectivity index (χ1n) is 8.45. The van der Waals surface area contributed by atoms with Crippen molar-refractivity contribution >= 4 is 0 Å². The molecule has 1 N–H and O–H groups in total. The lowest BCUT2D eigenvalue weighted by Gasteiger charge is -2.45. The third kappa shape index (κ3) is 2.83. The monoisotopic (exact) mass is 293 g/mol. The van der Waals surface area contributed by atoms with Gasteiger partial charge >= 0.3 is 0 Å². The highest BCUT2D eigenvalue weighted by Gasteiger charge is 2.38. The SMILES string of the molecule is C=C/C=C\CC1C=C(C2=CC=CC2)C(C)=C(C2(C)CCN2)C1. The topological polar surface area (TPSA) is 12.0 Å². The zero-order valence-corrected chi connectivity index (χ0v) is 13.9. The predicted molar refractivity (Wildman–Crippen MR) is 95.7 cm³/mol. The van der Waals surface area contributed by atoms with Crippen LogP contribution in [-0.4, -0.2) is 12.1 Å². The smallest absolute Gasteiger partial charge is 0.0383 e. The second-order valence-electron chi connectivity index (χ2n) is 6.88. The maximum Gasteiger partial charge on any atom is 0.0383 e. The first-order valence-corrected chi connectivity index (χ1v) is 8.45. The summed E-state index contributed by atoms with van der Waals surface area (Å²) in [4.78, 5) is 0. The Morgan fingerprint density at radius 1 is 1.45 bits per heavy atom. The molecule has 0 spiro atoms. The molecule has 0 aromatic heterocycles. The molecule has 0 amide bonds. The van der Waals surface area contributed by atoms with Crippen molar-refractivity contribution < 1.29 is 0 Å². The Balaban J connectivity index is 1.91. The molecule has 116 valence electrons. The van der Waals surface area contributed by atoms with Crippen LogP contribution in [0.3, 0.4) is 0 Å². The summed E-state index contributed by atoms with van der Waals surface area (Å²) in [5.41, 5.74) is 6.32. The summed E-state index contributed by atoms with van der Waals surface area (Å²) in [7, 11) is 0. The quantitative estimate of drug-likeness (QED) is 0.702. The number of hydrogen-bond donors (Lipinski definition) is 1. The molecule has 22 heavy (non-hydrogen) atoms. The summed E-state index contributed by atoms with van der Waals surface area (Å²) < 4.78 is 0. The van der Waals surface area contributed by atoms with Gasteiger partial charge < -0.3 is 5.32 Å². The van der Waals surface area contributed by atoms with Crippen LogP contribution in [-0.2, 0) is 0 Å². The molecule has 2 atom stereocenters. The maximum atomic E-state index is 3.77. The predicted octanol–water partition coefficient (Wildman–Crippen LogP) is 5.02. The van der Waals surface area contributed by atoms with Crippen LogP contribution in [0.2, 0.25) is 0 Å². The molecular formula is C21H27N. The highest BCUT2D eigenvalue weighted by molar-refractivity contribution is 5.55. The van der Waals surface area contributed by atoms with Gasteiger partial charge in [0.05, 0.1) is 0 Å². The third-order valence-electron chi connectivity index (χ3n) is 5.36. The first-order chi connectivity index (χ1) is 10.6. The Labute approximate surface area is 134 Å². The second kappa shape index (κ2) is 6.26. The zero-order chi connectivity index (χ0) is 15.6. The molecule has 1 saturated heterocycles. The van der Waals surface area contributed by atoms with E-state index in [1.54, 1.807) is 5.57 Å². The van der Waals surface area contributed by atoms with Crippen molar-refractivity contribution in [3.63, 3.8) is 0 Å². The van der Waals surface area contributed by atoms with Gasteiger partial charge in [0.2, 0.25) is 0 Å². The van der Waals surface area contributed by atoms with Crippen LogP contribution < -0.4 is 5.32 Å². The van der Waals surface area contributed by atoms with E-state index in [2.05, 4.69) is 62.2 Å². The average molecular weight is 293 g/mol.